The first-order chi connectivity index (χ1) is 12.9. The fourth-order valence-electron chi connectivity index (χ4n) is 5.50. The Morgan fingerprint density at radius 2 is 1.37 bits per heavy atom. The van der Waals surface area contributed by atoms with Crippen molar-refractivity contribution in [3.63, 3.8) is 0 Å². The lowest BCUT2D eigenvalue weighted by Gasteiger charge is -2.38. The summed E-state index contributed by atoms with van der Waals surface area (Å²) in [5.41, 5.74) is 1.61. The number of hydrogen-bond donors (Lipinski definition) is 0. The molecule has 2 aliphatic carbocycles. The molecule has 2 saturated carbocycles. The second-order valence-corrected chi connectivity index (χ2v) is 9.07. The number of alkyl halides is 3. The molecule has 0 amide bonds. The largest absolute Gasteiger partial charge is 0.393 e. The van der Waals surface area contributed by atoms with Crippen LogP contribution in [-0.2, 0) is 6.42 Å². The molecule has 0 heterocycles. The van der Waals surface area contributed by atoms with Gasteiger partial charge in [0.05, 0.1) is 6.42 Å². The van der Waals surface area contributed by atoms with Crippen LogP contribution in [0.5, 0.6) is 0 Å². The van der Waals surface area contributed by atoms with Gasteiger partial charge < -0.3 is 0 Å². The van der Waals surface area contributed by atoms with Crippen LogP contribution in [-0.4, -0.2) is 6.18 Å². The lowest BCUT2D eigenvalue weighted by Crippen LogP contribution is -2.25. The molecule has 3 heteroatoms. The smallest absolute Gasteiger partial charge is 0.171 e. The fraction of sp³-hybridized carbons (Fsp3) is 0.750. The van der Waals surface area contributed by atoms with E-state index in [0.717, 1.165) is 17.8 Å². The van der Waals surface area contributed by atoms with Crippen LogP contribution in [0.15, 0.2) is 24.3 Å². The van der Waals surface area contributed by atoms with Gasteiger partial charge in [-0.2, -0.15) is 13.2 Å². The number of rotatable bonds is 6. The molecule has 3 rings (SSSR count). The maximum absolute atomic E-state index is 12.5. The Balaban J connectivity index is 1.44. The zero-order chi connectivity index (χ0) is 19.3. The summed E-state index contributed by atoms with van der Waals surface area (Å²) in [6.07, 6.45) is 9.96. The van der Waals surface area contributed by atoms with E-state index in [9.17, 15) is 13.2 Å². The van der Waals surface area contributed by atoms with E-state index < -0.39 is 12.6 Å². The maximum Gasteiger partial charge on any atom is 0.393 e. The van der Waals surface area contributed by atoms with Gasteiger partial charge in [-0.25, -0.2) is 0 Å². The minimum Gasteiger partial charge on any atom is -0.171 e. The minimum absolute atomic E-state index is 0.375. The number of unbranched alkanes of at least 4 members (excludes halogenated alkanes) is 1. The van der Waals surface area contributed by atoms with Gasteiger partial charge in [0.15, 0.2) is 0 Å². The average molecular weight is 381 g/mol. The van der Waals surface area contributed by atoms with E-state index in [4.69, 9.17) is 0 Å². The molecule has 2 aliphatic rings. The summed E-state index contributed by atoms with van der Waals surface area (Å²) in [6.45, 7) is 2.29. The van der Waals surface area contributed by atoms with Crippen LogP contribution < -0.4 is 0 Å². The van der Waals surface area contributed by atoms with Gasteiger partial charge in [0, 0.05) is 0 Å². The van der Waals surface area contributed by atoms with Crippen molar-refractivity contribution in [2.75, 3.05) is 0 Å². The van der Waals surface area contributed by atoms with Gasteiger partial charge >= 0.3 is 6.18 Å². The van der Waals surface area contributed by atoms with E-state index in [1.165, 1.54) is 76.2 Å². The van der Waals surface area contributed by atoms with Crippen LogP contribution in [0.2, 0.25) is 0 Å². The van der Waals surface area contributed by atoms with Crippen LogP contribution in [0.3, 0.4) is 0 Å². The molecular formula is C24H35F3. The van der Waals surface area contributed by atoms with Crippen LogP contribution in [0.1, 0.15) is 94.6 Å². The van der Waals surface area contributed by atoms with Gasteiger partial charge in [-0.05, 0) is 73.3 Å². The summed E-state index contributed by atoms with van der Waals surface area (Å²) in [6, 6.07) is 7.22. The zero-order valence-electron chi connectivity index (χ0n) is 16.7. The van der Waals surface area contributed by atoms with Gasteiger partial charge in [0.25, 0.3) is 0 Å². The van der Waals surface area contributed by atoms with E-state index in [1.54, 1.807) is 12.1 Å². The van der Waals surface area contributed by atoms with Crippen molar-refractivity contribution < 1.29 is 13.2 Å². The van der Waals surface area contributed by atoms with Crippen molar-refractivity contribution >= 4 is 0 Å². The van der Waals surface area contributed by atoms with E-state index in [1.807, 2.05) is 12.1 Å². The molecule has 1 aromatic rings. The van der Waals surface area contributed by atoms with Crippen molar-refractivity contribution in [1.29, 1.82) is 0 Å². The average Bonchev–Trinajstić information content (AvgIpc) is 2.66. The number of hydrogen-bond acceptors (Lipinski definition) is 0. The first-order valence-corrected chi connectivity index (χ1v) is 11.1. The molecule has 0 saturated heterocycles. The maximum atomic E-state index is 12.5. The predicted octanol–water partition coefficient (Wildman–Crippen LogP) is 8.06. The Hall–Kier alpha value is -0.990. The Bertz CT molecular complexity index is 544. The van der Waals surface area contributed by atoms with E-state index in [2.05, 4.69) is 6.92 Å². The quantitative estimate of drug-likeness (QED) is 0.468. The molecule has 27 heavy (non-hydrogen) atoms. The van der Waals surface area contributed by atoms with Crippen molar-refractivity contribution in [1.82, 2.24) is 0 Å². The third-order valence-electron chi connectivity index (χ3n) is 7.15. The second-order valence-electron chi connectivity index (χ2n) is 9.07. The first-order valence-electron chi connectivity index (χ1n) is 11.1. The highest BCUT2D eigenvalue weighted by Gasteiger charge is 2.31. The lowest BCUT2D eigenvalue weighted by molar-refractivity contribution is -0.127. The molecular weight excluding hydrogens is 345 g/mol. The molecule has 152 valence electrons. The standard InChI is InChI=1S/C24H35F3/c1-2-3-4-18-5-9-20(10-6-18)22-13-15-23(16-14-22)21-11-7-19(8-12-21)17-24(25,26)27/h7-8,11-12,18,20,22-23H,2-6,9-10,13-17H2,1H3. The van der Waals surface area contributed by atoms with Gasteiger partial charge in [0.2, 0.25) is 0 Å². The molecule has 0 aliphatic heterocycles. The van der Waals surface area contributed by atoms with Crippen LogP contribution in [0.25, 0.3) is 0 Å². The van der Waals surface area contributed by atoms with Crippen molar-refractivity contribution in [2.45, 2.75) is 96.1 Å². The van der Waals surface area contributed by atoms with Gasteiger partial charge in [-0.1, -0.05) is 63.3 Å². The van der Waals surface area contributed by atoms with Crippen LogP contribution >= 0.6 is 0 Å². The lowest BCUT2D eigenvalue weighted by atomic mass is 9.68. The molecule has 0 radical (unpaired) electrons. The summed E-state index contributed by atoms with van der Waals surface area (Å²) in [7, 11) is 0. The van der Waals surface area contributed by atoms with Gasteiger partial charge in [-0.15, -0.1) is 0 Å². The highest BCUT2D eigenvalue weighted by Crippen LogP contribution is 2.44. The first kappa shape index (κ1) is 20.7. The SMILES string of the molecule is CCCCC1CCC(C2CCC(c3ccc(CC(F)(F)F)cc3)CC2)CC1. The van der Waals surface area contributed by atoms with Crippen molar-refractivity contribution in [3.8, 4) is 0 Å². The Kier molecular flexibility index (Phi) is 7.28. The van der Waals surface area contributed by atoms with Gasteiger partial charge in [0.1, 0.15) is 0 Å². The second kappa shape index (κ2) is 9.47. The molecule has 0 aromatic heterocycles. The molecule has 0 spiro atoms. The normalized spacial score (nSPS) is 29.6. The zero-order valence-corrected chi connectivity index (χ0v) is 16.7. The summed E-state index contributed by atoms with van der Waals surface area (Å²) in [4.78, 5) is 0. The molecule has 0 N–H and O–H groups in total. The Morgan fingerprint density at radius 3 is 1.89 bits per heavy atom. The Morgan fingerprint density at radius 1 is 0.815 bits per heavy atom. The molecule has 0 atom stereocenters. The van der Waals surface area contributed by atoms with Crippen LogP contribution in [0, 0.1) is 17.8 Å². The number of halogens is 3. The summed E-state index contributed by atoms with van der Waals surface area (Å²) in [5, 5.41) is 0. The summed E-state index contributed by atoms with van der Waals surface area (Å²) in [5.74, 6) is 3.34. The van der Waals surface area contributed by atoms with E-state index in [-0.39, 0.29) is 0 Å². The summed E-state index contributed by atoms with van der Waals surface area (Å²) < 4.78 is 37.5. The fourth-order valence-corrected chi connectivity index (χ4v) is 5.50. The van der Waals surface area contributed by atoms with E-state index >= 15 is 0 Å². The third kappa shape index (κ3) is 6.26. The minimum atomic E-state index is -4.12. The molecule has 0 nitrogen and oxygen atoms in total. The van der Waals surface area contributed by atoms with Crippen molar-refractivity contribution in [2.24, 2.45) is 17.8 Å². The highest BCUT2D eigenvalue weighted by molar-refractivity contribution is 5.26. The Labute approximate surface area is 162 Å². The van der Waals surface area contributed by atoms with Crippen LogP contribution in [0.4, 0.5) is 13.2 Å². The van der Waals surface area contributed by atoms with Gasteiger partial charge in [-0.3, -0.25) is 0 Å². The number of benzene rings is 1. The molecule has 0 unspecified atom stereocenters. The van der Waals surface area contributed by atoms with Crippen molar-refractivity contribution in [3.05, 3.63) is 35.4 Å². The van der Waals surface area contributed by atoms with E-state index in [0.29, 0.717) is 11.5 Å². The topological polar surface area (TPSA) is 0 Å². The molecule has 2 fully saturated rings. The third-order valence-corrected chi connectivity index (χ3v) is 7.15. The monoisotopic (exact) mass is 380 g/mol. The molecule has 0 bridgehead atoms. The summed E-state index contributed by atoms with van der Waals surface area (Å²) >= 11 is 0. The molecule has 1 aromatic carbocycles. The highest BCUT2D eigenvalue weighted by atomic mass is 19.4. The predicted molar refractivity (Wildman–Crippen MR) is 106 cm³/mol.